The van der Waals surface area contributed by atoms with Gasteiger partial charge in [-0.2, -0.15) is 0 Å². The smallest absolute Gasteiger partial charge is 0.272 e. The number of hydrogen-bond donors (Lipinski definition) is 2. The van der Waals surface area contributed by atoms with Crippen molar-refractivity contribution in [1.29, 1.82) is 0 Å². The van der Waals surface area contributed by atoms with E-state index in [1.807, 2.05) is 13.8 Å². The van der Waals surface area contributed by atoms with Gasteiger partial charge in [-0.25, -0.2) is 5.09 Å². The molecule has 1 rings (SSSR count). The molecule has 0 aliphatic heterocycles. The molecule has 0 aromatic carbocycles. The highest BCUT2D eigenvalue weighted by molar-refractivity contribution is 7.57. The van der Waals surface area contributed by atoms with Gasteiger partial charge in [-0.3, -0.25) is 4.57 Å². The molecule has 0 bridgehead atoms. The second-order valence-electron chi connectivity index (χ2n) is 4.01. The molecule has 1 aliphatic carbocycles. The molecule has 1 fully saturated rings. The summed E-state index contributed by atoms with van der Waals surface area (Å²) in [5, 5.41) is 6.35. The van der Waals surface area contributed by atoms with Crippen LogP contribution in [0.2, 0.25) is 0 Å². The van der Waals surface area contributed by atoms with Crippen LogP contribution in [0, 0.1) is 0 Å². The highest BCUT2D eigenvalue weighted by Crippen LogP contribution is 2.45. The molecule has 1 unspecified atom stereocenters. The average Bonchev–Trinajstić information content (AvgIpc) is 2.95. The van der Waals surface area contributed by atoms with Gasteiger partial charge in [0.2, 0.25) is 0 Å². The van der Waals surface area contributed by atoms with Crippen LogP contribution in [0.3, 0.4) is 0 Å². The summed E-state index contributed by atoms with van der Waals surface area (Å²) in [4.78, 5) is 0. The fraction of sp³-hybridized carbons (Fsp3) is 1.00. The highest BCUT2D eigenvalue weighted by atomic mass is 31.2. The Morgan fingerprint density at radius 1 is 1.43 bits per heavy atom. The molecule has 14 heavy (non-hydrogen) atoms. The molecule has 0 saturated heterocycles. The van der Waals surface area contributed by atoms with Gasteiger partial charge in [-0.1, -0.05) is 13.8 Å². The largest absolute Gasteiger partial charge is 0.321 e. The van der Waals surface area contributed by atoms with Gasteiger partial charge in [-0.05, 0) is 12.8 Å². The Balaban J connectivity index is 2.15. The van der Waals surface area contributed by atoms with Gasteiger partial charge in [0.15, 0.2) is 0 Å². The average molecular weight is 220 g/mol. The van der Waals surface area contributed by atoms with Gasteiger partial charge in [0.1, 0.15) is 0 Å². The maximum absolute atomic E-state index is 12.0. The highest BCUT2D eigenvalue weighted by Gasteiger charge is 2.25. The van der Waals surface area contributed by atoms with E-state index in [1.165, 1.54) is 20.0 Å². The van der Waals surface area contributed by atoms with Crippen LogP contribution in [-0.4, -0.2) is 31.9 Å². The van der Waals surface area contributed by atoms with E-state index in [2.05, 4.69) is 10.4 Å². The number of nitrogens with one attached hydrogen (secondary N) is 2. The normalized spacial score (nSPS) is 21.1. The van der Waals surface area contributed by atoms with Crippen LogP contribution in [0.1, 0.15) is 26.7 Å². The van der Waals surface area contributed by atoms with E-state index >= 15 is 0 Å². The van der Waals surface area contributed by atoms with Crippen molar-refractivity contribution in [1.82, 2.24) is 10.4 Å². The van der Waals surface area contributed by atoms with Crippen LogP contribution in [-0.2, 0) is 9.09 Å². The summed E-state index contributed by atoms with van der Waals surface area (Å²) in [6, 6.07) is 0.706. The van der Waals surface area contributed by atoms with E-state index in [9.17, 15) is 4.57 Å². The first-order chi connectivity index (χ1) is 6.58. The van der Waals surface area contributed by atoms with Crippen molar-refractivity contribution < 1.29 is 9.09 Å². The fourth-order valence-electron chi connectivity index (χ4n) is 1.23. The molecule has 1 atom stereocenters. The van der Waals surface area contributed by atoms with Crippen molar-refractivity contribution in [3.63, 3.8) is 0 Å². The first kappa shape index (κ1) is 12.2. The second kappa shape index (κ2) is 5.26. The SMILES string of the molecule is COP(=O)(NCCNC1CC1)C(C)C. The maximum atomic E-state index is 12.0. The molecule has 1 aliphatic rings. The summed E-state index contributed by atoms with van der Waals surface area (Å²) < 4.78 is 17.0. The maximum Gasteiger partial charge on any atom is 0.272 e. The predicted octanol–water partition coefficient (Wildman–Crippen LogP) is 1.58. The Hall–Kier alpha value is 0.110. The lowest BCUT2D eigenvalue weighted by Crippen LogP contribution is -2.29. The third-order valence-electron chi connectivity index (χ3n) is 2.42. The van der Waals surface area contributed by atoms with Crippen molar-refractivity contribution in [2.75, 3.05) is 20.2 Å². The lowest BCUT2D eigenvalue weighted by Gasteiger charge is -2.20. The molecular weight excluding hydrogens is 199 g/mol. The predicted molar refractivity (Wildman–Crippen MR) is 58.8 cm³/mol. The Morgan fingerprint density at radius 3 is 2.50 bits per heavy atom. The van der Waals surface area contributed by atoms with E-state index in [1.54, 1.807) is 0 Å². The standard InChI is InChI=1S/C9H21N2O2P/c1-8(2)14(12,13-3)11-7-6-10-9-4-5-9/h8-10H,4-7H2,1-3H3,(H,11,12). The Bertz CT molecular complexity index is 217. The first-order valence-electron chi connectivity index (χ1n) is 5.22. The number of hydrogen-bond acceptors (Lipinski definition) is 3. The zero-order valence-electron chi connectivity index (χ0n) is 9.25. The van der Waals surface area contributed by atoms with Crippen molar-refractivity contribution in [2.45, 2.75) is 38.4 Å². The van der Waals surface area contributed by atoms with Crippen LogP contribution in [0.25, 0.3) is 0 Å². The molecule has 4 nitrogen and oxygen atoms in total. The van der Waals surface area contributed by atoms with Crippen molar-refractivity contribution in [2.24, 2.45) is 0 Å². The van der Waals surface area contributed by atoms with Crippen molar-refractivity contribution in [3.8, 4) is 0 Å². The van der Waals surface area contributed by atoms with Crippen LogP contribution in [0.15, 0.2) is 0 Å². The third kappa shape index (κ3) is 3.70. The van der Waals surface area contributed by atoms with Crippen LogP contribution in [0.4, 0.5) is 0 Å². The summed E-state index contributed by atoms with van der Waals surface area (Å²) in [6.45, 7) is 5.39. The number of rotatable bonds is 7. The van der Waals surface area contributed by atoms with E-state index in [0.717, 1.165) is 6.54 Å². The minimum absolute atomic E-state index is 0.0356. The summed E-state index contributed by atoms with van der Waals surface area (Å²) in [6.07, 6.45) is 2.57. The lowest BCUT2D eigenvalue weighted by molar-refractivity contribution is 0.374. The first-order valence-corrected chi connectivity index (χ1v) is 6.92. The molecule has 0 spiro atoms. The fourth-order valence-corrected chi connectivity index (χ4v) is 2.57. The van der Waals surface area contributed by atoms with Crippen LogP contribution < -0.4 is 10.4 Å². The molecule has 0 aromatic rings. The molecule has 0 amide bonds. The third-order valence-corrected chi connectivity index (χ3v) is 4.99. The Morgan fingerprint density at radius 2 is 2.07 bits per heavy atom. The van der Waals surface area contributed by atoms with Gasteiger partial charge >= 0.3 is 0 Å². The van der Waals surface area contributed by atoms with Crippen LogP contribution in [0.5, 0.6) is 0 Å². The summed E-state index contributed by atoms with van der Waals surface area (Å²) in [5.41, 5.74) is 0.0356. The second-order valence-corrected chi connectivity index (χ2v) is 6.92. The molecule has 0 aromatic heterocycles. The Kier molecular flexibility index (Phi) is 4.58. The zero-order valence-corrected chi connectivity index (χ0v) is 10.1. The van der Waals surface area contributed by atoms with E-state index < -0.39 is 7.52 Å². The lowest BCUT2D eigenvalue weighted by atomic mass is 10.6. The topological polar surface area (TPSA) is 50.4 Å². The summed E-state index contributed by atoms with van der Waals surface area (Å²) in [5.74, 6) is 0. The minimum atomic E-state index is -2.60. The molecule has 0 heterocycles. The van der Waals surface area contributed by atoms with Crippen molar-refractivity contribution in [3.05, 3.63) is 0 Å². The summed E-state index contributed by atoms with van der Waals surface area (Å²) >= 11 is 0. The van der Waals surface area contributed by atoms with Gasteiger partial charge in [0.05, 0.1) is 0 Å². The molecule has 1 saturated carbocycles. The molecular formula is C9H21N2O2P. The monoisotopic (exact) mass is 220 g/mol. The minimum Gasteiger partial charge on any atom is -0.321 e. The van der Waals surface area contributed by atoms with E-state index in [4.69, 9.17) is 4.52 Å². The van der Waals surface area contributed by atoms with E-state index in [-0.39, 0.29) is 5.66 Å². The molecule has 2 N–H and O–H groups in total. The Labute approximate surface area is 86.3 Å². The van der Waals surface area contributed by atoms with E-state index in [0.29, 0.717) is 12.6 Å². The molecule has 0 radical (unpaired) electrons. The van der Waals surface area contributed by atoms with Crippen LogP contribution >= 0.6 is 7.52 Å². The van der Waals surface area contributed by atoms with Crippen molar-refractivity contribution >= 4 is 7.52 Å². The van der Waals surface area contributed by atoms with Gasteiger partial charge in [-0.15, -0.1) is 0 Å². The summed E-state index contributed by atoms with van der Waals surface area (Å²) in [7, 11) is -1.10. The molecule has 84 valence electrons. The van der Waals surface area contributed by atoms with Gasteiger partial charge in [0.25, 0.3) is 7.52 Å². The zero-order chi connectivity index (χ0) is 10.6. The molecule has 5 heteroatoms. The van der Waals surface area contributed by atoms with Gasteiger partial charge < -0.3 is 9.84 Å². The van der Waals surface area contributed by atoms with Gasteiger partial charge in [0, 0.05) is 31.9 Å². The quantitative estimate of drug-likeness (QED) is 0.505.